The molecule has 17 heavy (non-hydrogen) atoms. The fraction of sp³-hybridized carbons (Fsp3) is 0.917. The highest BCUT2D eigenvalue weighted by atomic mass is 16.5. The number of nitrogens with zero attached hydrogens (tertiary/aromatic N) is 2. The van der Waals surface area contributed by atoms with E-state index in [-0.39, 0.29) is 12.5 Å². The van der Waals surface area contributed by atoms with Gasteiger partial charge >= 0.3 is 0 Å². The number of piperazine rings is 1. The van der Waals surface area contributed by atoms with Gasteiger partial charge in [0.05, 0.1) is 12.6 Å². The standard InChI is InChI=1S/C12H25N3O2/c1-11(2)17-9-3-4-14-5-7-15(8-6-14)12(16)10-13/h11H,3-10,13H2,1-2H3. The lowest BCUT2D eigenvalue weighted by atomic mass is 10.3. The lowest BCUT2D eigenvalue weighted by Gasteiger charge is -2.34. The fourth-order valence-electron chi connectivity index (χ4n) is 1.96. The first-order chi connectivity index (χ1) is 8.13. The molecule has 100 valence electrons. The zero-order chi connectivity index (χ0) is 12.7. The second kappa shape index (κ2) is 7.63. The first kappa shape index (κ1) is 14.4. The van der Waals surface area contributed by atoms with Crippen LogP contribution in [-0.2, 0) is 9.53 Å². The Bertz CT molecular complexity index is 226. The molecule has 0 bridgehead atoms. The molecule has 5 heteroatoms. The Morgan fingerprint density at radius 3 is 2.47 bits per heavy atom. The topological polar surface area (TPSA) is 58.8 Å². The molecule has 1 saturated heterocycles. The van der Waals surface area contributed by atoms with E-state index in [2.05, 4.69) is 18.7 Å². The van der Waals surface area contributed by atoms with Crippen LogP contribution in [0, 0.1) is 0 Å². The maximum absolute atomic E-state index is 11.4. The Balaban J connectivity index is 2.09. The summed E-state index contributed by atoms with van der Waals surface area (Å²) in [7, 11) is 0. The highest BCUT2D eigenvalue weighted by Crippen LogP contribution is 2.03. The van der Waals surface area contributed by atoms with Gasteiger partial charge in [0.2, 0.25) is 5.91 Å². The number of carbonyl (C=O) groups is 1. The summed E-state index contributed by atoms with van der Waals surface area (Å²) in [6.45, 7) is 9.62. The summed E-state index contributed by atoms with van der Waals surface area (Å²) in [6.07, 6.45) is 1.37. The van der Waals surface area contributed by atoms with E-state index in [9.17, 15) is 4.79 Å². The van der Waals surface area contributed by atoms with Crippen molar-refractivity contribution in [2.45, 2.75) is 26.4 Å². The molecule has 1 fully saturated rings. The molecule has 0 saturated carbocycles. The Morgan fingerprint density at radius 2 is 1.94 bits per heavy atom. The van der Waals surface area contributed by atoms with Gasteiger partial charge < -0.3 is 15.4 Å². The van der Waals surface area contributed by atoms with E-state index < -0.39 is 0 Å². The van der Waals surface area contributed by atoms with Crippen molar-refractivity contribution >= 4 is 5.91 Å². The average molecular weight is 243 g/mol. The van der Waals surface area contributed by atoms with Gasteiger partial charge in [-0.05, 0) is 20.3 Å². The number of hydrogen-bond donors (Lipinski definition) is 1. The average Bonchev–Trinajstić information content (AvgIpc) is 2.34. The number of ether oxygens (including phenoxy) is 1. The third kappa shape index (κ3) is 5.48. The molecule has 1 amide bonds. The van der Waals surface area contributed by atoms with Crippen LogP contribution in [0.2, 0.25) is 0 Å². The maximum atomic E-state index is 11.4. The summed E-state index contributed by atoms with van der Waals surface area (Å²) in [6, 6.07) is 0. The molecule has 1 aliphatic heterocycles. The minimum atomic E-state index is 0.0628. The monoisotopic (exact) mass is 243 g/mol. The molecule has 1 heterocycles. The van der Waals surface area contributed by atoms with Gasteiger partial charge in [-0.15, -0.1) is 0 Å². The SMILES string of the molecule is CC(C)OCCCN1CCN(C(=O)CN)CC1. The van der Waals surface area contributed by atoms with E-state index in [1.807, 2.05) is 4.90 Å². The number of hydrogen-bond acceptors (Lipinski definition) is 4. The molecule has 0 aromatic rings. The summed E-state index contributed by atoms with van der Waals surface area (Å²) in [5, 5.41) is 0. The van der Waals surface area contributed by atoms with E-state index in [1.54, 1.807) is 0 Å². The van der Waals surface area contributed by atoms with E-state index in [0.29, 0.717) is 6.10 Å². The third-order valence-electron chi connectivity index (χ3n) is 2.97. The lowest BCUT2D eigenvalue weighted by molar-refractivity contribution is -0.131. The second-order valence-corrected chi connectivity index (χ2v) is 4.70. The fourth-order valence-corrected chi connectivity index (χ4v) is 1.96. The van der Waals surface area contributed by atoms with Crippen molar-refractivity contribution in [3.63, 3.8) is 0 Å². The Kier molecular flexibility index (Phi) is 6.47. The van der Waals surface area contributed by atoms with Gasteiger partial charge in [0.1, 0.15) is 0 Å². The van der Waals surface area contributed by atoms with Gasteiger partial charge in [-0.2, -0.15) is 0 Å². The van der Waals surface area contributed by atoms with Crippen molar-refractivity contribution in [3.8, 4) is 0 Å². The number of carbonyl (C=O) groups excluding carboxylic acids is 1. The molecule has 0 aromatic heterocycles. The molecule has 0 spiro atoms. The molecule has 0 unspecified atom stereocenters. The van der Waals surface area contributed by atoms with Crippen molar-refractivity contribution in [2.75, 3.05) is 45.9 Å². The van der Waals surface area contributed by atoms with Crippen molar-refractivity contribution in [3.05, 3.63) is 0 Å². The van der Waals surface area contributed by atoms with Crippen LogP contribution in [-0.4, -0.2) is 67.7 Å². The van der Waals surface area contributed by atoms with Crippen LogP contribution in [0.4, 0.5) is 0 Å². The van der Waals surface area contributed by atoms with Crippen molar-refractivity contribution in [1.29, 1.82) is 0 Å². The zero-order valence-electron chi connectivity index (χ0n) is 11.0. The third-order valence-corrected chi connectivity index (χ3v) is 2.97. The zero-order valence-corrected chi connectivity index (χ0v) is 11.0. The smallest absolute Gasteiger partial charge is 0.236 e. The molecule has 1 aliphatic rings. The second-order valence-electron chi connectivity index (χ2n) is 4.70. The minimum absolute atomic E-state index is 0.0628. The molecular weight excluding hydrogens is 218 g/mol. The van der Waals surface area contributed by atoms with Crippen LogP contribution < -0.4 is 5.73 Å². The minimum Gasteiger partial charge on any atom is -0.379 e. The van der Waals surface area contributed by atoms with E-state index in [1.165, 1.54) is 0 Å². The predicted molar refractivity (Wildman–Crippen MR) is 67.8 cm³/mol. The van der Waals surface area contributed by atoms with Crippen LogP contribution in [0.3, 0.4) is 0 Å². The van der Waals surface area contributed by atoms with Gasteiger partial charge in [-0.1, -0.05) is 0 Å². The van der Waals surface area contributed by atoms with Crippen molar-refractivity contribution in [1.82, 2.24) is 9.80 Å². The Hall–Kier alpha value is -0.650. The molecule has 5 nitrogen and oxygen atoms in total. The van der Waals surface area contributed by atoms with Crippen LogP contribution in [0.1, 0.15) is 20.3 Å². The van der Waals surface area contributed by atoms with E-state index >= 15 is 0 Å². The first-order valence-electron chi connectivity index (χ1n) is 6.45. The highest BCUT2D eigenvalue weighted by Gasteiger charge is 2.19. The number of amides is 1. The largest absolute Gasteiger partial charge is 0.379 e. The van der Waals surface area contributed by atoms with Gasteiger partial charge in [-0.3, -0.25) is 9.69 Å². The Labute approximate surface area is 104 Å². The molecular formula is C12H25N3O2. The summed E-state index contributed by atoms with van der Waals surface area (Å²) < 4.78 is 5.50. The summed E-state index contributed by atoms with van der Waals surface area (Å²) in [4.78, 5) is 15.6. The van der Waals surface area contributed by atoms with Gasteiger partial charge in [0, 0.05) is 39.3 Å². The van der Waals surface area contributed by atoms with Gasteiger partial charge in [-0.25, -0.2) is 0 Å². The van der Waals surface area contributed by atoms with Crippen molar-refractivity contribution in [2.24, 2.45) is 5.73 Å². The molecule has 2 N–H and O–H groups in total. The van der Waals surface area contributed by atoms with Crippen LogP contribution in [0.5, 0.6) is 0 Å². The Morgan fingerprint density at radius 1 is 1.29 bits per heavy atom. The summed E-state index contributed by atoms with van der Waals surface area (Å²) in [5.41, 5.74) is 5.34. The normalized spacial score (nSPS) is 17.8. The summed E-state index contributed by atoms with van der Waals surface area (Å²) >= 11 is 0. The predicted octanol–water partition coefficient (Wildman–Crippen LogP) is -0.0956. The molecule has 0 radical (unpaired) electrons. The van der Waals surface area contributed by atoms with Gasteiger partial charge in [0.25, 0.3) is 0 Å². The molecule has 0 aliphatic carbocycles. The van der Waals surface area contributed by atoms with Crippen LogP contribution >= 0.6 is 0 Å². The number of nitrogens with two attached hydrogens (primary N) is 1. The van der Waals surface area contributed by atoms with Crippen molar-refractivity contribution < 1.29 is 9.53 Å². The van der Waals surface area contributed by atoms with Crippen LogP contribution in [0.15, 0.2) is 0 Å². The van der Waals surface area contributed by atoms with E-state index in [0.717, 1.165) is 45.8 Å². The van der Waals surface area contributed by atoms with E-state index in [4.69, 9.17) is 10.5 Å². The maximum Gasteiger partial charge on any atom is 0.236 e. The lowest BCUT2D eigenvalue weighted by Crippen LogP contribution is -2.50. The quantitative estimate of drug-likeness (QED) is 0.662. The van der Waals surface area contributed by atoms with Crippen LogP contribution in [0.25, 0.3) is 0 Å². The van der Waals surface area contributed by atoms with Gasteiger partial charge in [0.15, 0.2) is 0 Å². The molecule has 1 rings (SSSR count). The summed E-state index contributed by atoms with van der Waals surface area (Å²) in [5.74, 6) is 0.0628. The molecule has 0 aromatic carbocycles. The first-order valence-corrected chi connectivity index (χ1v) is 6.45. The highest BCUT2D eigenvalue weighted by molar-refractivity contribution is 5.78. The number of rotatable bonds is 6. The molecule has 0 atom stereocenters.